The standard InChI is InChI=1S/C20H23ClN4O3S/c1-4-25(5-2)29(26,27)18-12-15(11-10-14(18)3)22-13-19-23-24-20(28-19)16-8-6-7-9-17(16)21/h6-12,22H,4-5,13H2,1-3H3. The molecule has 0 spiro atoms. The number of nitrogens with one attached hydrogen (secondary N) is 1. The lowest BCUT2D eigenvalue weighted by atomic mass is 10.2. The predicted molar refractivity (Wildman–Crippen MR) is 113 cm³/mol. The molecular weight excluding hydrogens is 412 g/mol. The Morgan fingerprint density at radius 3 is 2.52 bits per heavy atom. The van der Waals surface area contributed by atoms with Crippen LogP contribution < -0.4 is 5.32 Å². The summed E-state index contributed by atoms with van der Waals surface area (Å²) < 4.78 is 32.9. The summed E-state index contributed by atoms with van der Waals surface area (Å²) in [4.78, 5) is 0.286. The molecule has 0 atom stereocenters. The number of aromatic nitrogens is 2. The Morgan fingerprint density at radius 1 is 1.10 bits per heavy atom. The van der Waals surface area contributed by atoms with Crippen LogP contribution in [0.5, 0.6) is 0 Å². The van der Waals surface area contributed by atoms with Crippen LogP contribution in [0.15, 0.2) is 51.8 Å². The third-order valence-electron chi connectivity index (χ3n) is 4.53. The summed E-state index contributed by atoms with van der Waals surface area (Å²) in [7, 11) is -3.55. The average Bonchev–Trinajstić information content (AvgIpc) is 3.17. The maximum absolute atomic E-state index is 12.9. The molecule has 0 bridgehead atoms. The number of hydrogen-bond donors (Lipinski definition) is 1. The van der Waals surface area contributed by atoms with Gasteiger partial charge in [0.15, 0.2) is 0 Å². The van der Waals surface area contributed by atoms with E-state index in [-0.39, 0.29) is 11.4 Å². The molecule has 9 heteroatoms. The van der Waals surface area contributed by atoms with E-state index in [1.54, 1.807) is 31.2 Å². The third kappa shape index (κ3) is 4.60. The highest BCUT2D eigenvalue weighted by Gasteiger charge is 2.24. The van der Waals surface area contributed by atoms with E-state index in [2.05, 4.69) is 15.5 Å². The van der Waals surface area contributed by atoms with Crippen molar-refractivity contribution < 1.29 is 12.8 Å². The number of rotatable bonds is 8. The molecule has 0 aliphatic heterocycles. The van der Waals surface area contributed by atoms with Crippen molar-refractivity contribution in [2.45, 2.75) is 32.2 Å². The summed E-state index contributed by atoms with van der Waals surface area (Å²) in [6.45, 7) is 6.53. The van der Waals surface area contributed by atoms with Crippen molar-refractivity contribution in [1.82, 2.24) is 14.5 Å². The van der Waals surface area contributed by atoms with Gasteiger partial charge in [-0.15, -0.1) is 10.2 Å². The topological polar surface area (TPSA) is 88.3 Å². The van der Waals surface area contributed by atoms with E-state index in [1.165, 1.54) is 4.31 Å². The number of halogens is 1. The molecule has 0 fully saturated rings. The maximum Gasteiger partial charge on any atom is 0.249 e. The molecule has 7 nitrogen and oxygen atoms in total. The van der Waals surface area contributed by atoms with E-state index >= 15 is 0 Å². The summed E-state index contributed by atoms with van der Waals surface area (Å²) in [5.41, 5.74) is 2.01. The smallest absolute Gasteiger partial charge is 0.249 e. The molecule has 3 aromatic rings. The SMILES string of the molecule is CCN(CC)S(=O)(=O)c1cc(NCc2nnc(-c3ccccc3Cl)o2)ccc1C. The highest BCUT2D eigenvalue weighted by molar-refractivity contribution is 7.89. The largest absolute Gasteiger partial charge is 0.419 e. The van der Waals surface area contributed by atoms with Gasteiger partial charge in [0.25, 0.3) is 0 Å². The number of aryl methyl sites for hydroxylation is 1. The van der Waals surface area contributed by atoms with E-state index in [1.807, 2.05) is 32.0 Å². The van der Waals surface area contributed by atoms with Gasteiger partial charge in [-0.3, -0.25) is 0 Å². The highest BCUT2D eigenvalue weighted by Crippen LogP contribution is 2.27. The molecular formula is C20H23ClN4O3S. The predicted octanol–water partition coefficient (Wildman–Crippen LogP) is 4.34. The summed E-state index contributed by atoms with van der Waals surface area (Å²) in [6, 6.07) is 12.5. The van der Waals surface area contributed by atoms with Crippen LogP contribution in [0.4, 0.5) is 5.69 Å². The number of hydrogen-bond acceptors (Lipinski definition) is 6. The van der Waals surface area contributed by atoms with Gasteiger partial charge in [-0.05, 0) is 36.8 Å². The minimum atomic E-state index is -3.55. The maximum atomic E-state index is 12.9. The third-order valence-corrected chi connectivity index (χ3v) is 7.05. The van der Waals surface area contributed by atoms with Gasteiger partial charge >= 0.3 is 0 Å². The second-order valence-electron chi connectivity index (χ2n) is 6.40. The van der Waals surface area contributed by atoms with Crippen molar-refractivity contribution in [3.8, 4) is 11.5 Å². The van der Waals surface area contributed by atoms with Crippen molar-refractivity contribution in [2.24, 2.45) is 0 Å². The second-order valence-corrected chi connectivity index (χ2v) is 8.72. The Balaban J connectivity index is 1.78. The average molecular weight is 435 g/mol. The summed E-state index contributed by atoms with van der Waals surface area (Å²) in [5.74, 6) is 0.703. The van der Waals surface area contributed by atoms with E-state index in [0.717, 1.165) is 0 Å². The van der Waals surface area contributed by atoms with Crippen LogP contribution in [-0.2, 0) is 16.6 Å². The van der Waals surface area contributed by atoms with Crippen LogP contribution >= 0.6 is 11.6 Å². The Hall–Kier alpha value is -2.42. The molecule has 0 saturated carbocycles. The van der Waals surface area contributed by atoms with E-state index in [4.69, 9.17) is 16.0 Å². The molecule has 1 heterocycles. The van der Waals surface area contributed by atoms with Crippen LogP contribution in [0.25, 0.3) is 11.5 Å². The molecule has 0 amide bonds. The second kappa shape index (κ2) is 8.94. The fourth-order valence-electron chi connectivity index (χ4n) is 2.94. The van der Waals surface area contributed by atoms with Gasteiger partial charge < -0.3 is 9.73 Å². The van der Waals surface area contributed by atoms with Crippen molar-refractivity contribution in [1.29, 1.82) is 0 Å². The van der Waals surface area contributed by atoms with Crippen molar-refractivity contribution in [3.63, 3.8) is 0 Å². The first kappa shape index (κ1) is 21.3. The van der Waals surface area contributed by atoms with Gasteiger partial charge in [-0.1, -0.05) is 43.6 Å². The molecule has 0 saturated heterocycles. The molecule has 0 aliphatic carbocycles. The van der Waals surface area contributed by atoms with E-state index < -0.39 is 10.0 Å². The highest BCUT2D eigenvalue weighted by atomic mass is 35.5. The van der Waals surface area contributed by atoms with Crippen molar-refractivity contribution >= 4 is 27.3 Å². The van der Waals surface area contributed by atoms with E-state index in [9.17, 15) is 8.42 Å². The zero-order valence-corrected chi connectivity index (χ0v) is 18.1. The number of sulfonamides is 1. The van der Waals surface area contributed by atoms with Gasteiger partial charge in [0, 0.05) is 18.8 Å². The van der Waals surface area contributed by atoms with Gasteiger partial charge in [-0.2, -0.15) is 4.31 Å². The minimum Gasteiger partial charge on any atom is -0.419 e. The van der Waals surface area contributed by atoms with Gasteiger partial charge in [0.2, 0.25) is 21.8 Å². The fraction of sp³-hybridized carbons (Fsp3) is 0.300. The van der Waals surface area contributed by atoms with E-state index in [0.29, 0.717) is 46.7 Å². The van der Waals surface area contributed by atoms with Gasteiger partial charge in [-0.25, -0.2) is 8.42 Å². The Kier molecular flexibility index (Phi) is 6.56. The lowest BCUT2D eigenvalue weighted by molar-refractivity contribution is 0.445. The first-order chi connectivity index (χ1) is 13.9. The lowest BCUT2D eigenvalue weighted by Gasteiger charge is -2.20. The molecule has 3 rings (SSSR count). The molecule has 154 valence electrons. The van der Waals surface area contributed by atoms with Crippen molar-refractivity contribution in [3.05, 3.63) is 58.9 Å². The monoisotopic (exact) mass is 434 g/mol. The van der Waals surface area contributed by atoms with Crippen LogP contribution in [-0.4, -0.2) is 36.0 Å². The molecule has 0 aliphatic rings. The molecule has 1 aromatic heterocycles. The molecule has 0 unspecified atom stereocenters. The molecule has 0 radical (unpaired) electrons. The van der Waals surface area contributed by atoms with Crippen LogP contribution in [0.1, 0.15) is 25.3 Å². The molecule has 1 N–H and O–H groups in total. The Labute approximate surface area is 175 Å². The zero-order valence-electron chi connectivity index (χ0n) is 16.5. The summed E-state index contributed by atoms with van der Waals surface area (Å²) in [5, 5.41) is 11.7. The van der Waals surface area contributed by atoms with Crippen LogP contribution in [0.3, 0.4) is 0 Å². The minimum absolute atomic E-state index is 0.255. The zero-order chi connectivity index (χ0) is 21.0. The number of benzene rings is 2. The number of nitrogens with zero attached hydrogens (tertiary/aromatic N) is 3. The fourth-order valence-corrected chi connectivity index (χ4v) is 4.86. The summed E-state index contributed by atoms with van der Waals surface area (Å²) >= 11 is 6.16. The first-order valence-corrected chi connectivity index (χ1v) is 11.1. The normalized spacial score (nSPS) is 11.8. The quantitative estimate of drug-likeness (QED) is 0.567. The molecule has 29 heavy (non-hydrogen) atoms. The van der Waals surface area contributed by atoms with Crippen molar-refractivity contribution in [2.75, 3.05) is 18.4 Å². The number of anilines is 1. The van der Waals surface area contributed by atoms with Crippen LogP contribution in [0.2, 0.25) is 5.02 Å². The first-order valence-electron chi connectivity index (χ1n) is 9.28. The molecule has 2 aromatic carbocycles. The summed E-state index contributed by atoms with van der Waals surface area (Å²) in [6.07, 6.45) is 0. The lowest BCUT2D eigenvalue weighted by Crippen LogP contribution is -2.31. The van der Waals surface area contributed by atoms with Gasteiger partial charge in [0.1, 0.15) is 0 Å². The van der Waals surface area contributed by atoms with Crippen LogP contribution in [0, 0.1) is 6.92 Å². The Morgan fingerprint density at radius 2 is 1.83 bits per heavy atom. The van der Waals surface area contributed by atoms with Gasteiger partial charge in [0.05, 0.1) is 22.0 Å². The Bertz CT molecular complexity index is 1090.